The lowest BCUT2D eigenvalue weighted by atomic mass is 10.2. The molecule has 7 heteroatoms. The molecule has 7 nitrogen and oxygen atoms in total. The molecule has 1 aromatic carbocycles. The third kappa shape index (κ3) is 3.75. The van der Waals surface area contributed by atoms with Crippen LogP contribution in [0.2, 0.25) is 0 Å². The average Bonchev–Trinajstić information content (AvgIpc) is 2.56. The Kier molecular flexibility index (Phi) is 4.87. The van der Waals surface area contributed by atoms with Gasteiger partial charge in [0.1, 0.15) is 26.3 Å². The summed E-state index contributed by atoms with van der Waals surface area (Å²) in [6.07, 6.45) is 1.58. The van der Waals surface area contributed by atoms with Crippen molar-refractivity contribution in [3.8, 4) is 11.5 Å². The lowest BCUT2D eigenvalue weighted by Crippen LogP contribution is -3.15. The fourth-order valence-electron chi connectivity index (χ4n) is 2.48. The maximum atomic E-state index is 11.8. The highest BCUT2D eigenvalue weighted by molar-refractivity contribution is 5.86. The standard InChI is InChI=1S/C15H19N3O4/c19-14(11-18-4-6-20-7-5-18)17-16-10-12-2-1-3-13-15(12)22-9-8-21-13/h1-3,10H,4-9,11H2,(H,17,19)/p+1/b16-10-. The van der Waals surface area contributed by atoms with Crippen LogP contribution in [0.4, 0.5) is 0 Å². The quantitative estimate of drug-likeness (QED) is 0.543. The molecule has 0 saturated carbocycles. The van der Waals surface area contributed by atoms with E-state index < -0.39 is 0 Å². The van der Waals surface area contributed by atoms with E-state index in [1.54, 1.807) is 6.21 Å². The molecule has 3 rings (SSSR count). The third-order valence-electron chi connectivity index (χ3n) is 3.60. The van der Waals surface area contributed by atoms with Crippen molar-refractivity contribution in [2.45, 2.75) is 0 Å². The molecule has 0 aliphatic carbocycles. The topological polar surface area (TPSA) is 73.6 Å². The number of fused-ring (bicyclic) bond motifs is 1. The molecule has 1 fully saturated rings. The summed E-state index contributed by atoms with van der Waals surface area (Å²) in [5, 5.41) is 4.01. The van der Waals surface area contributed by atoms with Gasteiger partial charge in [0.2, 0.25) is 0 Å². The van der Waals surface area contributed by atoms with Crippen LogP contribution in [0.5, 0.6) is 11.5 Å². The minimum Gasteiger partial charge on any atom is -0.486 e. The van der Waals surface area contributed by atoms with Crippen LogP contribution in [-0.4, -0.2) is 58.2 Å². The Balaban J connectivity index is 1.54. The van der Waals surface area contributed by atoms with Gasteiger partial charge in [-0.3, -0.25) is 4.79 Å². The molecule has 1 saturated heterocycles. The molecule has 0 atom stereocenters. The van der Waals surface area contributed by atoms with E-state index in [4.69, 9.17) is 14.2 Å². The molecular formula is C15H20N3O4+. The third-order valence-corrected chi connectivity index (χ3v) is 3.60. The number of para-hydroxylation sites is 1. The summed E-state index contributed by atoms with van der Waals surface area (Å²) in [4.78, 5) is 13.1. The molecule has 1 aromatic rings. The van der Waals surface area contributed by atoms with Crippen LogP contribution in [0.1, 0.15) is 5.56 Å². The van der Waals surface area contributed by atoms with Gasteiger partial charge in [-0.2, -0.15) is 5.10 Å². The van der Waals surface area contributed by atoms with Crippen molar-refractivity contribution >= 4 is 12.1 Å². The summed E-state index contributed by atoms with van der Waals surface area (Å²) in [5.74, 6) is 1.28. The van der Waals surface area contributed by atoms with E-state index in [0.29, 0.717) is 44.5 Å². The number of hydrogen-bond donors (Lipinski definition) is 2. The largest absolute Gasteiger partial charge is 0.486 e. The van der Waals surface area contributed by atoms with Gasteiger partial charge in [-0.15, -0.1) is 0 Å². The Morgan fingerprint density at radius 1 is 1.23 bits per heavy atom. The van der Waals surface area contributed by atoms with E-state index in [2.05, 4.69) is 10.5 Å². The van der Waals surface area contributed by atoms with Gasteiger partial charge in [-0.05, 0) is 12.1 Å². The summed E-state index contributed by atoms with van der Waals surface area (Å²) in [7, 11) is 0. The van der Waals surface area contributed by atoms with Crippen LogP contribution in [-0.2, 0) is 9.53 Å². The molecule has 0 unspecified atom stereocenters. The van der Waals surface area contributed by atoms with E-state index in [9.17, 15) is 4.79 Å². The Morgan fingerprint density at radius 3 is 2.91 bits per heavy atom. The van der Waals surface area contributed by atoms with Gasteiger partial charge >= 0.3 is 0 Å². The van der Waals surface area contributed by atoms with Gasteiger partial charge in [0.25, 0.3) is 5.91 Å². The molecule has 0 bridgehead atoms. The zero-order chi connectivity index (χ0) is 15.2. The number of carbonyl (C=O) groups is 1. The monoisotopic (exact) mass is 306 g/mol. The maximum absolute atomic E-state index is 11.8. The summed E-state index contributed by atoms with van der Waals surface area (Å²) in [5.41, 5.74) is 3.35. The number of benzene rings is 1. The first kappa shape index (κ1) is 14.8. The molecular weight excluding hydrogens is 286 g/mol. The second kappa shape index (κ2) is 7.24. The first-order valence-electron chi connectivity index (χ1n) is 7.45. The molecule has 118 valence electrons. The Morgan fingerprint density at radius 2 is 2.05 bits per heavy atom. The number of rotatable bonds is 4. The number of hydrazone groups is 1. The van der Waals surface area contributed by atoms with Crippen LogP contribution in [0, 0.1) is 0 Å². The van der Waals surface area contributed by atoms with Crippen molar-refractivity contribution in [1.29, 1.82) is 0 Å². The number of morpholine rings is 1. The first-order valence-corrected chi connectivity index (χ1v) is 7.45. The normalized spacial score (nSPS) is 18.4. The number of nitrogens with one attached hydrogen (secondary N) is 2. The maximum Gasteiger partial charge on any atom is 0.295 e. The molecule has 0 aromatic heterocycles. The molecule has 2 aliphatic rings. The molecule has 0 radical (unpaired) electrons. The number of nitrogens with zero attached hydrogens (tertiary/aromatic N) is 1. The predicted molar refractivity (Wildman–Crippen MR) is 79.6 cm³/mol. The fourth-order valence-corrected chi connectivity index (χ4v) is 2.48. The zero-order valence-corrected chi connectivity index (χ0v) is 12.3. The molecule has 2 N–H and O–H groups in total. The average molecular weight is 306 g/mol. The van der Waals surface area contributed by atoms with Gasteiger partial charge < -0.3 is 19.1 Å². The fraction of sp³-hybridized carbons (Fsp3) is 0.467. The van der Waals surface area contributed by atoms with Gasteiger partial charge in [-0.1, -0.05) is 6.07 Å². The summed E-state index contributed by atoms with van der Waals surface area (Å²) >= 11 is 0. The second-order valence-corrected chi connectivity index (χ2v) is 5.20. The van der Waals surface area contributed by atoms with Gasteiger partial charge in [0.15, 0.2) is 18.0 Å². The van der Waals surface area contributed by atoms with Crippen LogP contribution in [0.15, 0.2) is 23.3 Å². The number of ether oxygens (including phenoxy) is 3. The Bertz CT molecular complexity index is 556. The highest BCUT2D eigenvalue weighted by Crippen LogP contribution is 2.32. The Labute approximate surface area is 128 Å². The number of hydrogen-bond acceptors (Lipinski definition) is 5. The SMILES string of the molecule is O=C(C[NH+]1CCOCC1)N/N=C\c1cccc2c1OCCO2. The summed E-state index contributed by atoms with van der Waals surface area (Å²) < 4.78 is 16.4. The van der Waals surface area contributed by atoms with Crippen molar-refractivity contribution in [3.63, 3.8) is 0 Å². The number of amides is 1. The van der Waals surface area contributed by atoms with E-state index in [-0.39, 0.29) is 5.91 Å². The highest BCUT2D eigenvalue weighted by atomic mass is 16.6. The zero-order valence-electron chi connectivity index (χ0n) is 12.3. The van der Waals surface area contributed by atoms with Crippen LogP contribution >= 0.6 is 0 Å². The second-order valence-electron chi connectivity index (χ2n) is 5.20. The molecule has 22 heavy (non-hydrogen) atoms. The number of quaternary nitrogens is 1. The van der Waals surface area contributed by atoms with Crippen LogP contribution in [0.25, 0.3) is 0 Å². The number of carbonyl (C=O) groups excluding carboxylic acids is 1. The minimum atomic E-state index is -0.102. The van der Waals surface area contributed by atoms with Gasteiger partial charge in [0, 0.05) is 5.56 Å². The van der Waals surface area contributed by atoms with Crippen molar-refractivity contribution in [1.82, 2.24) is 5.43 Å². The lowest BCUT2D eigenvalue weighted by molar-refractivity contribution is -0.900. The predicted octanol–water partition coefficient (Wildman–Crippen LogP) is -1.18. The minimum absolute atomic E-state index is 0.102. The summed E-state index contributed by atoms with van der Waals surface area (Å²) in [6, 6.07) is 5.59. The van der Waals surface area contributed by atoms with Crippen molar-refractivity contribution < 1.29 is 23.9 Å². The van der Waals surface area contributed by atoms with E-state index in [1.807, 2.05) is 18.2 Å². The highest BCUT2D eigenvalue weighted by Gasteiger charge is 2.17. The van der Waals surface area contributed by atoms with Crippen molar-refractivity contribution in [3.05, 3.63) is 23.8 Å². The lowest BCUT2D eigenvalue weighted by Gasteiger charge is -2.22. The molecule has 0 spiro atoms. The van der Waals surface area contributed by atoms with Crippen LogP contribution in [0.3, 0.4) is 0 Å². The van der Waals surface area contributed by atoms with E-state index in [1.165, 1.54) is 4.90 Å². The van der Waals surface area contributed by atoms with Gasteiger partial charge in [0.05, 0.1) is 19.4 Å². The van der Waals surface area contributed by atoms with E-state index in [0.717, 1.165) is 18.7 Å². The molecule has 2 heterocycles. The Hall–Kier alpha value is -2.12. The van der Waals surface area contributed by atoms with Gasteiger partial charge in [-0.25, -0.2) is 5.43 Å². The van der Waals surface area contributed by atoms with E-state index >= 15 is 0 Å². The molecule has 2 aliphatic heterocycles. The van der Waals surface area contributed by atoms with Crippen LogP contribution < -0.4 is 19.8 Å². The first-order chi connectivity index (χ1) is 10.8. The molecule has 1 amide bonds. The summed E-state index contributed by atoms with van der Waals surface area (Å²) in [6.45, 7) is 4.60. The van der Waals surface area contributed by atoms with Crippen molar-refractivity contribution in [2.75, 3.05) is 46.1 Å². The smallest absolute Gasteiger partial charge is 0.295 e. The van der Waals surface area contributed by atoms with Crippen molar-refractivity contribution in [2.24, 2.45) is 5.10 Å².